The molecule has 4 rings (SSSR count). The Labute approximate surface area is 160 Å². The van der Waals surface area contributed by atoms with Crippen molar-refractivity contribution in [2.75, 3.05) is 13.7 Å². The molecule has 1 aromatic heterocycles. The molecule has 0 aliphatic carbocycles. The molecule has 6 heteroatoms. The largest absolute Gasteiger partial charge is 0.497 e. The Bertz CT molecular complexity index is 772. The van der Waals surface area contributed by atoms with Gasteiger partial charge in [0, 0.05) is 24.8 Å². The number of hydrogen-bond donors (Lipinski definition) is 1. The van der Waals surface area contributed by atoms with Crippen LogP contribution >= 0.6 is 0 Å². The summed E-state index contributed by atoms with van der Waals surface area (Å²) >= 11 is 0. The Morgan fingerprint density at radius 3 is 2.48 bits per heavy atom. The molecule has 2 bridgehead atoms. The van der Waals surface area contributed by atoms with Crippen molar-refractivity contribution in [1.82, 2.24) is 20.0 Å². The van der Waals surface area contributed by atoms with E-state index < -0.39 is 0 Å². The summed E-state index contributed by atoms with van der Waals surface area (Å²) in [6.07, 6.45) is 9.08. The summed E-state index contributed by atoms with van der Waals surface area (Å²) in [5.74, 6) is 0.856. The minimum absolute atomic E-state index is 0.0890. The van der Waals surface area contributed by atoms with E-state index in [2.05, 4.69) is 33.1 Å². The van der Waals surface area contributed by atoms with Gasteiger partial charge in [0.2, 0.25) is 0 Å². The molecule has 2 fully saturated rings. The average Bonchev–Trinajstić information content (AvgIpc) is 3.23. The Morgan fingerprint density at radius 2 is 1.89 bits per heavy atom. The number of hydrogen-bond acceptors (Lipinski definition) is 3. The third kappa shape index (κ3) is 3.80. The molecule has 0 radical (unpaired) electrons. The molecule has 2 aromatic rings. The van der Waals surface area contributed by atoms with E-state index in [0.29, 0.717) is 24.7 Å². The maximum atomic E-state index is 12.8. The van der Waals surface area contributed by atoms with Gasteiger partial charge in [0.25, 0.3) is 0 Å². The van der Waals surface area contributed by atoms with Crippen molar-refractivity contribution >= 4 is 6.03 Å². The maximum absolute atomic E-state index is 12.8. The van der Waals surface area contributed by atoms with Gasteiger partial charge in [-0.1, -0.05) is 12.1 Å². The van der Waals surface area contributed by atoms with Gasteiger partial charge in [-0.2, -0.15) is 5.10 Å². The zero-order chi connectivity index (χ0) is 18.8. The Kier molecular flexibility index (Phi) is 5.05. The standard InChI is InChI=1S/C21H28N4O2/c1-15-13-23-24(14-15)19-11-17-5-6-18(12-19)25(17)21(26)22-10-9-16-3-7-20(27-2)8-4-16/h3-4,7-8,13-14,17-19H,5-6,9-12H2,1-2H3,(H,22,26). The number of nitrogens with one attached hydrogen (secondary N) is 1. The second-order valence-electron chi connectivity index (χ2n) is 7.75. The van der Waals surface area contributed by atoms with E-state index >= 15 is 0 Å². The molecule has 2 saturated heterocycles. The lowest BCUT2D eigenvalue weighted by molar-refractivity contribution is 0.120. The molecule has 2 aliphatic heterocycles. The summed E-state index contributed by atoms with van der Waals surface area (Å²) in [6, 6.07) is 9.18. The number of aryl methyl sites for hydroxylation is 1. The molecule has 2 amide bonds. The van der Waals surface area contributed by atoms with E-state index in [9.17, 15) is 4.79 Å². The number of rotatable bonds is 5. The number of fused-ring (bicyclic) bond motifs is 2. The lowest BCUT2D eigenvalue weighted by atomic mass is 9.98. The molecule has 144 valence electrons. The molecular formula is C21H28N4O2. The molecule has 6 nitrogen and oxygen atoms in total. The highest BCUT2D eigenvalue weighted by Gasteiger charge is 2.43. The molecule has 2 unspecified atom stereocenters. The number of aromatic nitrogens is 2. The minimum atomic E-state index is 0.0890. The molecule has 1 aromatic carbocycles. The van der Waals surface area contributed by atoms with Crippen LogP contribution in [-0.2, 0) is 6.42 Å². The predicted molar refractivity (Wildman–Crippen MR) is 104 cm³/mol. The number of nitrogens with zero attached hydrogens (tertiary/aromatic N) is 3. The highest BCUT2D eigenvalue weighted by molar-refractivity contribution is 5.75. The fourth-order valence-electron chi connectivity index (χ4n) is 4.53. The van der Waals surface area contributed by atoms with Crippen LogP contribution in [0.25, 0.3) is 0 Å². The van der Waals surface area contributed by atoms with Crippen molar-refractivity contribution in [3.05, 3.63) is 47.8 Å². The molecule has 0 saturated carbocycles. The highest BCUT2D eigenvalue weighted by Crippen LogP contribution is 2.40. The van der Waals surface area contributed by atoms with Crippen molar-refractivity contribution in [3.8, 4) is 5.75 Å². The van der Waals surface area contributed by atoms with Gasteiger partial charge >= 0.3 is 6.03 Å². The zero-order valence-electron chi connectivity index (χ0n) is 16.1. The van der Waals surface area contributed by atoms with Crippen LogP contribution in [0.5, 0.6) is 5.75 Å². The SMILES string of the molecule is COc1ccc(CCNC(=O)N2C3CCC2CC(n2cc(C)cn2)C3)cc1. The first-order chi connectivity index (χ1) is 13.1. The fraction of sp³-hybridized carbons (Fsp3) is 0.524. The fourth-order valence-corrected chi connectivity index (χ4v) is 4.53. The average molecular weight is 368 g/mol. The van der Waals surface area contributed by atoms with E-state index in [-0.39, 0.29) is 6.03 Å². The van der Waals surface area contributed by atoms with Crippen molar-refractivity contribution in [3.63, 3.8) is 0 Å². The Balaban J connectivity index is 1.30. The molecule has 2 atom stereocenters. The molecule has 2 aliphatic rings. The van der Waals surface area contributed by atoms with E-state index in [1.54, 1.807) is 7.11 Å². The molecular weight excluding hydrogens is 340 g/mol. The number of ether oxygens (including phenoxy) is 1. The van der Waals surface area contributed by atoms with Crippen molar-refractivity contribution in [2.45, 2.75) is 57.2 Å². The number of urea groups is 1. The van der Waals surface area contributed by atoms with Crippen LogP contribution in [0, 0.1) is 6.92 Å². The molecule has 1 N–H and O–H groups in total. The minimum Gasteiger partial charge on any atom is -0.497 e. The Morgan fingerprint density at radius 1 is 1.19 bits per heavy atom. The third-order valence-electron chi connectivity index (χ3n) is 5.90. The van der Waals surface area contributed by atoms with Gasteiger partial charge in [0.15, 0.2) is 0 Å². The molecule has 3 heterocycles. The summed E-state index contributed by atoms with van der Waals surface area (Å²) in [5.41, 5.74) is 2.40. The van der Waals surface area contributed by atoms with E-state index in [0.717, 1.165) is 37.9 Å². The lowest BCUT2D eigenvalue weighted by Gasteiger charge is -2.39. The summed E-state index contributed by atoms with van der Waals surface area (Å²) in [4.78, 5) is 14.9. The van der Waals surface area contributed by atoms with Crippen molar-refractivity contribution in [2.24, 2.45) is 0 Å². The summed E-state index contributed by atoms with van der Waals surface area (Å²) < 4.78 is 7.28. The second-order valence-corrected chi connectivity index (χ2v) is 7.75. The molecule has 27 heavy (non-hydrogen) atoms. The van der Waals surface area contributed by atoms with Gasteiger partial charge in [-0.3, -0.25) is 4.68 Å². The van der Waals surface area contributed by atoms with Gasteiger partial charge in [-0.25, -0.2) is 4.79 Å². The van der Waals surface area contributed by atoms with E-state index in [1.165, 1.54) is 11.1 Å². The van der Waals surface area contributed by atoms with Crippen molar-refractivity contribution < 1.29 is 9.53 Å². The van der Waals surface area contributed by atoms with Crippen LogP contribution in [-0.4, -0.2) is 46.4 Å². The number of methoxy groups -OCH3 is 1. The first-order valence-electron chi connectivity index (χ1n) is 9.84. The van der Waals surface area contributed by atoms with Gasteiger partial charge in [0.1, 0.15) is 5.75 Å². The normalized spacial score (nSPS) is 24.1. The first-order valence-corrected chi connectivity index (χ1v) is 9.84. The summed E-state index contributed by atoms with van der Waals surface area (Å²) in [7, 11) is 1.67. The van der Waals surface area contributed by atoms with Crippen LogP contribution in [0.15, 0.2) is 36.7 Å². The first kappa shape index (κ1) is 17.9. The third-order valence-corrected chi connectivity index (χ3v) is 5.90. The van der Waals surface area contributed by atoms with Crippen molar-refractivity contribution in [1.29, 1.82) is 0 Å². The monoisotopic (exact) mass is 368 g/mol. The van der Waals surface area contributed by atoms with Crippen LogP contribution in [0.2, 0.25) is 0 Å². The maximum Gasteiger partial charge on any atom is 0.317 e. The number of amides is 2. The summed E-state index contributed by atoms with van der Waals surface area (Å²) in [5, 5.41) is 7.61. The second kappa shape index (κ2) is 7.62. The number of carbonyl (C=O) groups is 1. The predicted octanol–water partition coefficient (Wildman–Crippen LogP) is 3.32. The number of carbonyl (C=O) groups excluding carboxylic acids is 1. The Hall–Kier alpha value is -2.50. The molecule has 0 spiro atoms. The van der Waals surface area contributed by atoms with Crippen LogP contribution in [0.3, 0.4) is 0 Å². The quantitative estimate of drug-likeness (QED) is 0.881. The van der Waals surface area contributed by atoms with E-state index in [4.69, 9.17) is 4.74 Å². The number of benzene rings is 1. The van der Waals surface area contributed by atoms with Gasteiger partial charge in [-0.15, -0.1) is 0 Å². The number of piperidine rings is 1. The highest BCUT2D eigenvalue weighted by atomic mass is 16.5. The smallest absolute Gasteiger partial charge is 0.317 e. The van der Waals surface area contributed by atoms with Crippen LogP contribution < -0.4 is 10.1 Å². The van der Waals surface area contributed by atoms with Gasteiger partial charge < -0.3 is 15.0 Å². The zero-order valence-corrected chi connectivity index (χ0v) is 16.1. The van der Waals surface area contributed by atoms with Crippen LogP contribution in [0.4, 0.5) is 4.79 Å². The van der Waals surface area contributed by atoms with Crippen LogP contribution in [0.1, 0.15) is 42.9 Å². The summed E-state index contributed by atoms with van der Waals surface area (Å²) in [6.45, 7) is 2.73. The van der Waals surface area contributed by atoms with Gasteiger partial charge in [0.05, 0.1) is 19.3 Å². The lowest BCUT2D eigenvalue weighted by Crippen LogP contribution is -2.51. The van der Waals surface area contributed by atoms with E-state index in [1.807, 2.05) is 30.5 Å². The van der Waals surface area contributed by atoms with Gasteiger partial charge in [-0.05, 0) is 62.3 Å². The topological polar surface area (TPSA) is 59.4 Å².